The number of nitrogens with two attached hydrogens (primary N) is 1. The van der Waals surface area contributed by atoms with Gasteiger partial charge in [0, 0.05) is 35.9 Å². The van der Waals surface area contributed by atoms with Gasteiger partial charge in [-0.05, 0) is 66.7 Å². The van der Waals surface area contributed by atoms with E-state index in [1.165, 1.54) is 6.07 Å². The minimum atomic E-state index is -2.87. The Balaban J connectivity index is 1.51. The van der Waals surface area contributed by atoms with Crippen molar-refractivity contribution in [1.29, 1.82) is 0 Å². The standard InChI is InChI=1S/C32H34N2O9/c1-14-22-17(15-5-8-21(43-2)16(11-15)13-34-9-3-4-10-34)6-7-19(35)24(22)28(38)26-23(14)27(37)18-12-20(36)25(31(33)41)29(39)32(18,42)30(26)40/h5-8,11,14,18,23,27,35-37,40,42H,3-4,9-10,12-13H2,1-2H3,(H2,33,41)/t14-,18+,23+,27+,32+/m0/s1. The van der Waals surface area contributed by atoms with E-state index in [1.54, 1.807) is 20.1 Å². The maximum absolute atomic E-state index is 14.1. The number of hydrogen-bond donors (Lipinski definition) is 6. The third-order valence-corrected chi connectivity index (χ3v) is 9.66. The Hall–Kier alpha value is -4.19. The molecule has 0 radical (unpaired) electrons. The van der Waals surface area contributed by atoms with Crippen LogP contribution in [0.4, 0.5) is 0 Å². The van der Waals surface area contributed by atoms with Crippen molar-refractivity contribution >= 4 is 17.5 Å². The number of rotatable bonds is 5. The first-order valence-corrected chi connectivity index (χ1v) is 14.3. The number of aliphatic hydroxyl groups excluding tert-OH is 3. The van der Waals surface area contributed by atoms with Crippen molar-refractivity contribution in [2.24, 2.45) is 17.6 Å². The van der Waals surface area contributed by atoms with E-state index in [4.69, 9.17) is 10.5 Å². The Morgan fingerprint density at radius 3 is 2.47 bits per heavy atom. The summed E-state index contributed by atoms with van der Waals surface area (Å²) in [7, 11) is 1.60. The maximum Gasteiger partial charge on any atom is 0.255 e. The van der Waals surface area contributed by atoms with Gasteiger partial charge in [-0.15, -0.1) is 0 Å². The van der Waals surface area contributed by atoms with E-state index < -0.39 is 76.0 Å². The summed E-state index contributed by atoms with van der Waals surface area (Å²) in [5, 5.41) is 55.9. The molecular formula is C32H34N2O9. The molecule has 11 nitrogen and oxygen atoms in total. The SMILES string of the molecule is COc1ccc(-c2ccc(O)c3c2[C@H](C)[C@@H]2C(=C(O)[C@]4(O)C(=O)C(C(N)=O)=C(O)C[C@@H]4[C@H]2O)C3=O)cc1CN1CCCC1. The van der Waals surface area contributed by atoms with Crippen molar-refractivity contribution in [3.8, 4) is 22.6 Å². The van der Waals surface area contributed by atoms with E-state index in [1.807, 2.05) is 18.2 Å². The van der Waals surface area contributed by atoms with E-state index in [-0.39, 0.29) is 11.3 Å². The lowest BCUT2D eigenvalue weighted by atomic mass is 9.56. The van der Waals surface area contributed by atoms with E-state index in [0.29, 0.717) is 17.7 Å². The van der Waals surface area contributed by atoms with Gasteiger partial charge < -0.3 is 36.0 Å². The van der Waals surface area contributed by atoms with E-state index in [2.05, 4.69) is 4.90 Å². The number of carbonyl (C=O) groups is 3. The molecule has 5 atom stereocenters. The number of ether oxygens (including phenoxy) is 1. The molecule has 2 aromatic carbocycles. The molecule has 1 heterocycles. The number of carbonyl (C=O) groups excluding carboxylic acids is 3. The molecule has 2 aromatic rings. The number of Topliss-reactive ketones (excluding diaryl/α,β-unsaturated/α-hetero) is 2. The summed E-state index contributed by atoms with van der Waals surface area (Å²) in [5.74, 6) is -8.23. The van der Waals surface area contributed by atoms with Crippen LogP contribution in [0.15, 0.2) is 53.0 Å². The predicted molar refractivity (Wildman–Crippen MR) is 153 cm³/mol. The van der Waals surface area contributed by atoms with Gasteiger partial charge in [-0.2, -0.15) is 0 Å². The maximum atomic E-state index is 14.1. The quantitative estimate of drug-likeness (QED) is 0.282. The Morgan fingerprint density at radius 1 is 1.12 bits per heavy atom. The number of phenolic OH excluding ortho intramolecular Hbond substituents is 1. The fraction of sp³-hybridized carbons (Fsp3) is 0.406. The molecule has 3 aliphatic carbocycles. The number of hydrogen-bond acceptors (Lipinski definition) is 10. The van der Waals surface area contributed by atoms with Crippen molar-refractivity contribution in [3.63, 3.8) is 0 Å². The topological polar surface area (TPSA) is 191 Å². The minimum Gasteiger partial charge on any atom is -0.511 e. The average molecular weight is 591 g/mol. The number of allylic oxidation sites excluding steroid dienone is 1. The summed E-state index contributed by atoms with van der Waals surface area (Å²) in [4.78, 5) is 41.6. The molecule has 0 unspecified atom stereocenters. The second-order valence-corrected chi connectivity index (χ2v) is 11.9. The van der Waals surface area contributed by atoms with Gasteiger partial charge in [0.2, 0.25) is 5.78 Å². The van der Waals surface area contributed by atoms with Crippen LogP contribution in [0, 0.1) is 11.8 Å². The van der Waals surface area contributed by atoms with Crippen LogP contribution < -0.4 is 10.5 Å². The van der Waals surface area contributed by atoms with Gasteiger partial charge >= 0.3 is 0 Å². The summed E-state index contributed by atoms with van der Waals surface area (Å²) >= 11 is 0. The zero-order valence-electron chi connectivity index (χ0n) is 23.8. The number of phenols is 1. The number of likely N-dealkylation sites (tertiary alicyclic amines) is 1. The molecule has 1 saturated heterocycles. The fourth-order valence-electron chi connectivity index (χ4n) is 7.58. The monoisotopic (exact) mass is 590 g/mol. The lowest BCUT2D eigenvalue weighted by Crippen LogP contribution is -2.62. The third kappa shape index (κ3) is 4.10. The van der Waals surface area contributed by atoms with Crippen molar-refractivity contribution in [1.82, 2.24) is 4.90 Å². The van der Waals surface area contributed by atoms with Gasteiger partial charge in [0.15, 0.2) is 11.4 Å². The molecule has 43 heavy (non-hydrogen) atoms. The number of benzene rings is 2. The molecule has 7 N–H and O–H groups in total. The first kappa shape index (κ1) is 28.9. The molecule has 1 amide bonds. The van der Waals surface area contributed by atoms with Crippen molar-refractivity contribution in [3.05, 3.63) is 69.7 Å². The lowest BCUT2D eigenvalue weighted by Gasteiger charge is -2.50. The lowest BCUT2D eigenvalue weighted by molar-refractivity contribution is -0.154. The number of aromatic hydroxyl groups is 1. The Morgan fingerprint density at radius 2 is 1.81 bits per heavy atom. The molecule has 226 valence electrons. The largest absolute Gasteiger partial charge is 0.511 e. The van der Waals surface area contributed by atoms with Crippen LogP contribution in [0.25, 0.3) is 11.1 Å². The Labute approximate surface area is 247 Å². The summed E-state index contributed by atoms with van der Waals surface area (Å²) in [6.45, 7) is 4.36. The van der Waals surface area contributed by atoms with E-state index in [9.17, 15) is 39.9 Å². The highest BCUT2D eigenvalue weighted by Crippen LogP contribution is 2.56. The molecule has 1 fully saturated rings. The van der Waals surface area contributed by atoms with Crippen LogP contribution in [0.3, 0.4) is 0 Å². The average Bonchev–Trinajstić information content (AvgIpc) is 3.48. The normalized spacial score (nSPS) is 28.9. The number of amides is 1. The molecular weight excluding hydrogens is 556 g/mol. The molecule has 0 saturated carbocycles. The first-order valence-electron chi connectivity index (χ1n) is 14.3. The second kappa shape index (κ2) is 10.2. The van der Waals surface area contributed by atoms with Gasteiger partial charge in [-0.3, -0.25) is 19.3 Å². The third-order valence-electron chi connectivity index (χ3n) is 9.66. The van der Waals surface area contributed by atoms with Gasteiger partial charge in [0.25, 0.3) is 5.91 Å². The number of primary amides is 1. The molecule has 6 rings (SSSR count). The van der Waals surface area contributed by atoms with Crippen LogP contribution in [-0.2, 0) is 16.1 Å². The van der Waals surface area contributed by atoms with Crippen LogP contribution >= 0.6 is 0 Å². The second-order valence-electron chi connectivity index (χ2n) is 11.9. The fourth-order valence-corrected chi connectivity index (χ4v) is 7.58. The van der Waals surface area contributed by atoms with Crippen molar-refractivity contribution in [2.75, 3.05) is 20.2 Å². The van der Waals surface area contributed by atoms with Gasteiger partial charge in [0.1, 0.15) is 28.6 Å². The summed E-state index contributed by atoms with van der Waals surface area (Å²) in [5.41, 5.74) is 3.71. The van der Waals surface area contributed by atoms with Gasteiger partial charge in [0.05, 0.1) is 18.8 Å². The molecule has 0 aromatic heterocycles. The number of aliphatic hydroxyl groups is 4. The Kier molecular flexibility index (Phi) is 6.87. The minimum absolute atomic E-state index is 0.120. The molecule has 1 aliphatic heterocycles. The van der Waals surface area contributed by atoms with Crippen LogP contribution in [0.2, 0.25) is 0 Å². The summed E-state index contributed by atoms with van der Waals surface area (Å²) in [6, 6.07) is 8.74. The Bertz CT molecular complexity index is 1640. The first-order chi connectivity index (χ1) is 20.4. The molecule has 4 aliphatic rings. The molecule has 0 bridgehead atoms. The highest BCUT2D eigenvalue weighted by atomic mass is 16.5. The van der Waals surface area contributed by atoms with Crippen LogP contribution in [0.1, 0.15) is 53.6 Å². The van der Waals surface area contributed by atoms with E-state index >= 15 is 0 Å². The van der Waals surface area contributed by atoms with Gasteiger partial charge in [-0.1, -0.05) is 19.1 Å². The van der Waals surface area contributed by atoms with Crippen LogP contribution in [-0.4, -0.2) is 79.8 Å². The van der Waals surface area contributed by atoms with Crippen molar-refractivity contribution in [2.45, 2.75) is 50.4 Å². The van der Waals surface area contributed by atoms with Crippen molar-refractivity contribution < 1.29 is 44.7 Å². The number of fused-ring (bicyclic) bond motifs is 3. The molecule has 11 heteroatoms. The molecule has 0 spiro atoms. The summed E-state index contributed by atoms with van der Waals surface area (Å²) < 4.78 is 5.62. The predicted octanol–water partition coefficient (Wildman–Crippen LogP) is 2.38. The number of nitrogens with zero attached hydrogens (tertiary/aromatic N) is 1. The summed E-state index contributed by atoms with van der Waals surface area (Å²) in [6.07, 6.45) is 0.117. The zero-order valence-corrected chi connectivity index (χ0v) is 23.8. The number of ketones is 2. The zero-order chi connectivity index (χ0) is 31.0. The number of methoxy groups -OCH3 is 1. The highest BCUT2D eigenvalue weighted by Gasteiger charge is 2.64. The smallest absolute Gasteiger partial charge is 0.255 e. The van der Waals surface area contributed by atoms with Gasteiger partial charge in [-0.25, -0.2) is 0 Å². The van der Waals surface area contributed by atoms with E-state index in [0.717, 1.165) is 42.8 Å². The van der Waals surface area contributed by atoms with Crippen LogP contribution in [0.5, 0.6) is 11.5 Å². The highest BCUT2D eigenvalue weighted by molar-refractivity contribution is 6.24.